The van der Waals surface area contributed by atoms with Crippen molar-refractivity contribution in [3.05, 3.63) is 0 Å². The van der Waals surface area contributed by atoms with Crippen LogP contribution in [0.1, 0.15) is 33.1 Å². The summed E-state index contributed by atoms with van der Waals surface area (Å²) < 4.78 is 5.52. The predicted molar refractivity (Wildman–Crippen MR) is 63.9 cm³/mol. The van der Waals surface area contributed by atoms with E-state index in [4.69, 9.17) is 10.5 Å². The summed E-state index contributed by atoms with van der Waals surface area (Å²) in [4.78, 5) is 2.52. The van der Waals surface area contributed by atoms with Gasteiger partial charge in [0.2, 0.25) is 0 Å². The zero-order valence-electron chi connectivity index (χ0n) is 10.2. The Morgan fingerprint density at radius 3 is 2.93 bits per heavy atom. The highest BCUT2D eigenvalue weighted by atomic mass is 16.5. The molecule has 0 amide bonds. The first-order valence-corrected chi connectivity index (χ1v) is 6.26. The van der Waals surface area contributed by atoms with E-state index in [1.54, 1.807) is 0 Å². The molecule has 1 fully saturated rings. The lowest BCUT2D eigenvalue weighted by molar-refractivity contribution is -0.0188. The number of hydrogen-bond acceptors (Lipinski definition) is 3. The molecule has 0 aliphatic carbocycles. The number of nitrogens with two attached hydrogens (primary N) is 1. The molecule has 0 saturated carbocycles. The Bertz CT molecular complexity index is 164. The fourth-order valence-corrected chi connectivity index (χ4v) is 2.19. The average Bonchev–Trinajstić information content (AvgIpc) is 2.18. The van der Waals surface area contributed by atoms with Crippen LogP contribution in [-0.2, 0) is 4.74 Å². The van der Waals surface area contributed by atoms with E-state index < -0.39 is 0 Å². The van der Waals surface area contributed by atoms with Crippen LogP contribution in [0.3, 0.4) is 0 Å². The lowest BCUT2D eigenvalue weighted by atomic mass is 10.0. The van der Waals surface area contributed by atoms with Crippen molar-refractivity contribution in [1.82, 2.24) is 4.90 Å². The van der Waals surface area contributed by atoms with E-state index >= 15 is 0 Å². The zero-order chi connectivity index (χ0) is 11.1. The first kappa shape index (κ1) is 12.9. The molecule has 1 rings (SSSR count). The number of hydrogen-bond donors (Lipinski definition) is 1. The minimum absolute atomic E-state index is 0.417. The van der Waals surface area contributed by atoms with Gasteiger partial charge in [0.05, 0.1) is 12.7 Å². The standard InChI is InChI=1S/C12H26N2O/c1-11(5-6-13)4-3-7-14-8-9-15-12(2)10-14/h11-12H,3-10,13H2,1-2H3. The van der Waals surface area contributed by atoms with Crippen molar-refractivity contribution in [2.45, 2.75) is 39.2 Å². The summed E-state index contributed by atoms with van der Waals surface area (Å²) in [7, 11) is 0. The van der Waals surface area contributed by atoms with Crippen LogP contribution < -0.4 is 5.73 Å². The van der Waals surface area contributed by atoms with Crippen LogP contribution in [-0.4, -0.2) is 43.8 Å². The molecule has 0 bridgehead atoms. The van der Waals surface area contributed by atoms with E-state index in [2.05, 4.69) is 18.7 Å². The van der Waals surface area contributed by atoms with Gasteiger partial charge in [0.25, 0.3) is 0 Å². The third kappa shape index (κ3) is 5.50. The van der Waals surface area contributed by atoms with E-state index in [-0.39, 0.29) is 0 Å². The Hall–Kier alpha value is -0.120. The molecule has 15 heavy (non-hydrogen) atoms. The second-order valence-electron chi connectivity index (χ2n) is 4.81. The van der Waals surface area contributed by atoms with Gasteiger partial charge in [0.1, 0.15) is 0 Å². The molecule has 1 aliphatic heterocycles. The summed E-state index contributed by atoms with van der Waals surface area (Å²) >= 11 is 0. The maximum absolute atomic E-state index is 5.54. The largest absolute Gasteiger partial charge is 0.376 e. The molecule has 2 atom stereocenters. The summed E-state index contributed by atoms with van der Waals surface area (Å²) in [5.74, 6) is 0.786. The molecule has 2 N–H and O–H groups in total. The minimum Gasteiger partial charge on any atom is -0.376 e. The van der Waals surface area contributed by atoms with E-state index in [1.807, 2.05) is 0 Å². The Balaban J connectivity index is 2.03. The Kier molecular flexibility index (Phi) is 6.22. The van der Waals surface area contributed by atoms with Crippen molar-refractivity contribution in [1.29, 1.82) is 0 Å². The normalized spacial score (nSPS) is 25.4. The van der Waals surface area contributed by atoms with Crippen LogP contribution in [0, 0.1) is 5.92 Å². The maximum atomic E-state index is 5.54. The molecule has 0 aromatic carbocycles. The summed E-state index contributed by atoms with van der Waals surface area (Å²) in [6.45, 7) is 9.62. The molecule has 1 aliphatic rings. The topological polar surface area (TPSA) is 38.5 Å². The van der Waals surface area contributed by atoms with Crippen molar-refractivity contribution in [2.75, 3.05) is 32.8 Å². The van der Waals surface area contributed by atoms with Gasteiger partial charge < -0.3 is 10.5 Å². The van der Waals surface area contributed by atoms with Crippen LogP contribution in [0.25, 0.3) is 0 Å². The van der Waals surface area contributed by atoms with Gasteiger partial charge in [0.15, 0.2) is 0 Å². The first-order chi connectivity index (χ1) is 7.22. The van der Waals surface area contributed by atoms with E-state index in [0.717, 1.165) is 32.2 Å². The maximum Gasteiger partial charge on any atom is 0.0674 e. The van der Waals surface area contributed by atoms with Crippen molar-refractivity contribution in [3.63, 3.8) is 0 Å². The highest BCUT2D eigenvalue weighted by Crippen LogP contribution is 2.11. The van der Waals surface area contributed by atoms with Crippen LogP contribution >= 0.6 is 0 Å². The minimum atomic E-state index is 0.417. The molecule has 0 radical (unpaired) electrons. The number of morpholine rings is 1. The summed E-state index contributed by atoms with van der Waals surface area (Å²) in [5, 5.41) is 0. The fraction of sp³-hybridized carbons (Fsp3) is 1.00. The van der Waals surface area contributed by atoms with Gasteiger partial charge in [-0.2, -0.15) is 0 Å². The predicted octanol–water partition coefficient (Wildman–Crippen LogP) is 1.47. The SMILES string of the molecule is CC(CCN)CCCN1CCOC(C)C1. The van der Waals surface area contributed by atoms with Gasteiger partial charge in [-0.1, -0.05) is 6.92 Å². The molecule has 0 spiro atoms. The van der Waals surface area contributed by atoms with Gasteiger partial charge in [-0.15, -0.1) is 0 Å². The molecule has 0 aromatic heterocycles. The lowest BCUT2D eigenvalue weighted by Gasteiger charge is -2.31. The molecule has 1 heterocycles. The quantitative estimate of drug-likeness (QED) is 0.728. The second kappa shape index (κ2) is 7.20. The third-order valence-corrected chi connectivity index (χ3v) is 3.16. The van der Waals surface area contributed by atoms with Crippen molar-refractivity contribution in [3.8, 4) is 0 Å². The van der Waals surface area contributed by atoms with Crippen LogP contribution in [0.15, 0.2) is 0 Å². The molecular weight excluding hydrogens is 188 g/mol. The molecular formula is C12H26N2O. The van der Waals surface area contributed by atoms with Gasteiger partial charge in [-0.25, -0.2) is 0 Å². The van der Waals surface area contributed by atoms with Gasteiger partial charge in [-0.05, 0) is 45.2 Å². The molecule has 2 unspecified atom stereocenters. The van der Waals surface area contributed by atoms with Gasteiger partial charge >= 0.3 is 0 Å². The van der Waals surface area contributed by atoms with Crippen LogP contribution in [0.2, 0.25) is 0 Å². The average molecular weight is 214 g/mol. The highest BCUT2D eigenvalue weighted by molar-refractivity contribution is 4.68. The Morgan fingerprint density at radius 1 is 1.47 bits per heavy atom. The van der Waals surface area contributed by atoms with E-state index in [1.165, 1.54) is 25.8 Å². The summed E-state index contributed by atoms with van der Waals surface area (Å²) in [6.07, 6.45) is 4.19. The summed E-state index contributed by atoms with van der Waals surface area (Å²) in [5.41, 5.74) is 5.54. The van der Waals surface area contributed by atoms with Crippen LogP contribution in [0.5, 0.6) is 0 Å². The molecule has 0 aromatic rings. The van der Waals surface area contributed by atoms with Crippen LogP contribution in [0.4, 0.5) is 0 Å². The van der Waals surface area contributed by atoms with Crippen molar-refractivity contribution >= 4 is 0 Å². The summed E-state index contributed by atoms with van der Waals surface area (Å²) in [6, 6.07) is 0. The first-order valence-electron chi connectivity index (χ1n) is 6.26. The number of nitrogens with zero attached hydrogens (tertiary/aromatic N) is 1. The molecule has 90 valence electrons. The molecule has 1 saturated heterocycles. The van der Waals surface area contributed by atoms with Crippen molar-refractivity contribution in [2.24, 2.45) is 11.7 Å². The number of rotatable bonds is 6. The second-order valence-corrected chi connectivity index (χ2v) is 4.81. The van der Waals surface area contributed by atoms with Crippen molar-refractivity contribution < 1.29 is 4.74 Å². The monoisotopic (exact) mass is 214 g/mol. The Labute approximate surface area is 94.0 Å². The highest BCUT2D eigenvalue weighted by Gasteiger charge is 2.15. The van der Waals surface area contributed by atoms with Gasteiger partial charge in [-0.3, -0.25) is 4.90 Å². The van der Waals surface area contributed by atoms with Gasteiger partial charge in [0, 0.05) is 13.1 Å². The smallest absolute Gasteiger partial charge is 0.0674 e. The zero-order valence-corrected chi connectivity index (χ0v) is 10.2. The van der Waals surface area contributed by atoms with E-state index in [0.29, 0.717) is 6.10 Å². The van der Waals surface area contributed by atoms with E-state index in [9.17, 15) is 0 Å². The lowest BCUT2D eigenvalue weighted by Crippen LogP contribution is -2.41. The number of ether oxygens (including phenoxy) is 1. The fourth-order valence-electron chi connectivity index (χ4n) is 2.19. The third-order valence-electron chi connectivity index (χ3n) is 3.16. The molecule has 3 nitrogen and oxygen atoms in total. The Morgan fingerprint density at radius 2 is 2.27 bits per heavy atom. The molecule has 3 heteroatoms.